The van der Waals surface area contributed by atoms with Gasteiger partial charge in [0.25, 0.3) is 0 Å². The number of para-hydroxylation sites is 1. The molecule has 0 aliphatic rings. The van der Waals surface area contributed by atoms with Gasteiger partial charge in [0.1, 0.15) is 5.82 Å². The summed E-state index contributed by atoms with van der Waals surface area (Å²) in [7, 11) is 0. The van der Waals surface area contributed by atoms with Gasteiger partial charge in [-0.2, -0.15) is 4.98 Å². The van der Waals surface area contributed by atoms with Gasteiger partial charge in [0, 0.05) is 28.7 Å². The van der Waals surface area contributed by atoms with Crippen LogP contribution in [0.5, 0.6) is 0 Å². The Bertz CT molecular complexity index is 965. The van der Waals surface area contributed by atoms with Gasteiger partial charge in [-0.25, -0.2) is 4.98 Å². The molecule has 3 aromatic rings. The van der Waals surface area contributed by atoms with Crippen LogP contribution in [0.1, 0.15) is 41.0 Å². The third-order valence-electron chi connectivity index (χ3n) is 4.39. The fourth-order valence-electron chi connectivity index (χ4n) is 2.94. The number of aryl methyl sites for hydroxylation is 3. The molecule has 27 heavy (non-hydrogen) atoms. The van der Waals surface area contributed by atoms with Crippen molar-refractivity contribution in [3.8, 4) is 0 Å². The standard InChI is InChI=1S/C22H24N4O/c1-5-17-8-6-7-14(2)21(17)26-22-23-15(3)13-20(25-22)24-19-11-9-18(10-12-19)16(4)27/h6-13H,5H2,1-4H3,(H2,23,24,25,26). The van der Waals surface area contributed by atoms with Gasteiger partial charge >= 0.3 is 0 Å². The SMILES string of the molecule is CCc1cccc(C)c1Nc1nc(C)cc(Nc2ccc(C(C)=O)cc2)n1. The summed E-state index contributed by atoms with van der Waals surface area (Å²) in [5.74, 6) is 1.31. The van der Waals surface area contributed by atoms with E-state index >= 15 is 0 Å². The summed E-state index contributed by atoms with van der Waals surface area (Å²) in [6.07, 6.45) is 0.934. The predicted molar refractivity (Wildman–Crippen MR) is 110 cm³/mol. The van der Waals surface area contributed by atoms with Gasteiger partial charge in [-0.05, 0) is 62.6 Å². The van der Waals surface area contributed by atoms with Crippen molar-refractivity contribution in [1.82, 2.24) is 9.97 Å². The van der Waals surface area contributed by atoms with Gasteiger partial charge in [-0.1, -0.05) is 25.1 Å². The molecule has 0 fully saturated rings. The molecule has 5 heteroatoms. The van der Waals surface area contributed by atoms with E-state index in [2.05, 4.69) is 52.6 Å². The molecule has 3 rings (SSSR count). The molecule has 0 saturated carbocycles. The second kappa shape index (κ2) is 7.99. The molecule has 0 aliphatic carbocycles. The average molecular weight is 360 g/mol. The van der Waals surface area contributed by atoms with Crippen molar-refractivity contribution in [2.24, 2.45) is 0 Å². The highest BCUT2D eigenvalue weighted by Crippen LogP contribution is 2.25. The molecule has 0 atom stereocenters. The Hall–Kier alpha value is -3.21. The lowest BCUT2D eigenvalue weighted by Gasteiger charge is -2.14. The largest absolute Gasteiger partial charge is 0.340 e. The Kier molecular flexibility index (Phi) is 5.50. The molecule has 0 bridgehead atoms. The van der Waals surface area contributed by atoms with E-state index in [0.29, 0.717) is 17.3 Å². The Morgan fingerprint density at radius 2 is 1.74 bits per heavy atom. The van der Waals surface area contributed by atoms with Crippen LogP contribution in [0.2, 0.25) is 0 Å². The third kappa shape index (κ3) is 4.50. The lowest BCUT2D eigenvalue weighted by molar-refractivity contribution is 0.101. The van der Waals surface area contributed by atoms with Crippen LogP contribution in [-0.2, 0) is 6.42 Å². The fraction of sp³-hybridized carbons (Fsp3) is 0.227. The molecule has 0 saturated heterocycles. The van der Waals surface area contributed by atoms with E-state index in [1.807, 2.05) is 25.1 Å². The molecule has 1 heterocycles. The first-order valence-corrected chi connectivity index (χ1v) is 9.05. The maximum atomic E-state index is 11.4. The van der Waals surface area contributed by atoms with E-state index in [1.165, 1.54) is 5.56 Å². The molecule has 0 amide bonds. The zero-order chi connectivity index (χ0) is 19.4. The number of anilines is 4. The van der Waals surface area contributed by atoms with Crippen LogP contribution in [0.3, 0.4) is 0 Å². The van der Waals surface area contributed by atoms with E-state index in [4.69, 9.17) is 0 Å². The van der Waals surface area contributed by atoms with Crippen LogP contribution in [-0.4, -0.2) is 15.8 Å². The van der Waals surface area contributed by atoms with Crippen LogP contribution in [0.25, 0.3) is 0 Å². The number of Topliss-reactive ketones (excluding diaryl/α,β-unsaturated/α-hetero) is 1. The van der Waals surface area contributed by atoms with Crippen molar-refractivity contribution in [2.75, 3.05) is 10.6 Å². The second-order valence-electron chi connectivity index (χ2n) is 6.56. The van der Waals surface area contributed by atoms with Crippen LogP contribution in [0.4, 0.5) is 23.1 Å². The van der Waals surface area contributed by atoms with Crippen molar-refractivity contribution in [3.63, 3.8) is 0 Å². The van der Waals surface area contributed by atoms with E-state index in [1.54, 1.807) is 19.1 Å². The molecule has 5 nitrogen and oxygen atoms in total. The summed E-state index contributed by atoms with van der Waals surface area (Å²) >= 11 is 0. The molecule has 0 aliphatic heterocycles. The van der Waals surface area contributed by atoms with Gasteiger partial charge in [0.15, 0.2) is 5.78 Å². The minimum atomic E-state index is 0.0517. The quantitative estimate of drug-likeness (QED) is 0.580. The van der Waals surface area contributed by atoms with Crippen molar-refractivity contribution in [3.05, 3.63) is 70.9 Å². The normalized spacial score (nSPS) is 10.5. The summed E-state index contributed by atoms with van der Waals surface area (Å²) in [5.41, 5.74) is 5.87. The topological polar surface area (TPSA) is 66.9 Å². The summed E-state index contributed by atoms with van der Waals surface area (Å²) in [6.45, 7) is 7.71. The number of ketones is 1. The number of aromatic nitrogens is 2. The fourth-order valence-corrected chi connectivity index (χ4v) is 2.94. The predicted octanol–water partition coefficient (Wildman–Crippen LogP) is 5.35. The molecule has 0 spiro atoms. The summed E-state index contributed by atoms with van der Waals surface area (Å²) in [6, 6.07) is 15.5. The lowest BCUT2D eigenvalue weighted by atomic mass is 10.1. The number of nitrogens with zero attached hydrogens (tertiary/aromatic N) is 2. The third-order valence-corrected chi connectivity index (χ3v) is 4.39. The van der Waals surface area contributed by atoms with Gasteiger partial charge in [0.05, 0.1) is 0 Å². The van der Waals surface area contributed by atoms with Crippen LogP contribution >= 0.6 is 0 Å². The van der Waals surface area contributed by atoms with Gasteiger partial charge in [-0.3, -0.25) is 4.79 Å². The van der Waals surface area contributed by atoms with Crippen LogP contribution in [0, 0.1) is 13.8 Å². The summed E-state index contributed by atoms with van der Waals surface area (Å²) in [5, 5.41) is 6.65. The van der Waals surface area contributed by atoms with E-state index in [9.17, 15) is 4.79 Å². The average Bonchev–Trinajstić information content (AvgIpc) is 2.63. The summed E-state index contributed by atoms with van der Waals surface area (Å²) < 4.78 is 0. The zero-order valence-electron chi connectivity index (χ0n) is 16.1. The first-order chi connectivity index (χ1) is 13.0. The number of benzene rings is 2. The minimum Gasteiger partial charge on any atom is -0.340 e. The number of hydrogen-bond acceptors (Lipinski definition) is 5. The van der Waals surface area contributed by atoms with Crippen molar-refractivity contribution < 1.29 is 4.79 Å². The Labute approximate surface area is 159 Å². The zero-order valence-corrected chi connectivity index (χ0v) is 16.1. The minimum absolute atomic E-state index is 0.0517. The molecule has 0 radical (unpaired) electrons. The number of carbonyl (C=O) groups excluding carboxylic acids is 1. The van der Waals surface area contributed by atoms with Gasteiger partial charge in [-0.15, -0.1) is 0 Å². The first-order valence-electron chi connectivity index (χ1n) is 9.05. The van der Waals surface area contributed by atoms with E-state index in [0.717, 1.165) is 29.1 Å². The maximum absolute atomic E-state index is 11.4. The number of nitrogens with one attached hydrogen (secondary N) is 2. The molecular weight excluding hydrogens is 336 g/mol. The first kappa shape index (κ1) is 18.6. The van der Waals surface area contributed by atoms with Gasteiger partial charge < -0.3 is 10.6 Å². The highest BCUT2D eigenvalue weighted by molar-refractivity contribution is 5.94. The smallest absolute Gasteiger partial charge is 0.229 e. The molecular formula is C22H24N4O. The molecule has 1 aromatic heterocycles. The molecule has 2 N–H and O–H groups in total. The number of carbonyl (C=O) groups is 1. The maximum Gasteiger partial charge on any atom is 0.229 e. The highest BCUT2D eigenvalue weighted by Gasteiger charge is 2.08. The van der Waals surface area contributed by atoms with Crippen molar-refractivity contribution >= 4 is 28.9 Å². The van der Waals surface area contributed by atoms with E-state index < -0.39 is 0 Å². The molecule has 2 aromatic carbocycles. The number of hydrogen-bond donors (Lipinski definition) is 2. The monoisotopic (exact) mass is 360 g/mol. The molecule has 138 valence electrons. The molecule has 0 unspecified atom stereocenters. The van der Waals surface area contributed by atoms with Crippen LogP contribution < -0.4 is 10.6 Å². The highest BCUT2D eigenvalue weighted by atomic mass is 16.1. The van der Waals surface area contributed by atoms with E-state index in [-0.39, 0.29) is 5.78 Å². The Balaban J connectivity index is 1.85. The number of rotatable bonds is 6. The van der Waals surface area contributed by atoms with Crippen molar-refractivity contribution in [2.45, 2.75) is 34.1 Å². The summed E-state index contributed by atoms with van der Waals surface area (Å²) in [4.78, 5) is 20.5. The Morgan fingerprint density at radius 3 is 2.41 bits per heavy atom. The Morgan fingerprint density at radius 1 is 1.00 bits per heavy atom. The van der Waals surface area contributed by atoms with Gasteiger partial charge in [0.2, 0.25) is 5.95 Å². The van der Waals surface area contributed by atoms with Crippen molar-refractivity contribution in [1.29, 1.82) is 0 Å². The lowest BCUT2D eigenvalue weighted by Crippen LogP contribution is -2.05. The second-order valence-corrected chi connectivity index (χ2v) is 6.56. The van der Waals surface area contributed by atoms with Crippen LogP contribution in [0.15, 0.2) is 48.5 Å².